The van der Waals surface area contributed by atoms with Crippen molar-refractivity contribution in [3.05, 3.63) is 65.7 Å². The van der Waals surface area contributed by atoms with Gasteiger partial charge in [0.05, 0.1) is 6.54 Å². The van der Waals surface area contributed by atoms with E-state index in [4.69, 9.17) is 4.98 Å². The fourth-order valence-corrected chi connectivity index (χ4v) is 4.82. The minimum Gasteiger partial charge on any atom is -0.340 e. The highest BCUT2D eigenvalue weighted by molar-refractivity contribution is 5.78. The highest BCUT2D eigenvalue weighted by Crippen LogP contribution is 2.33. The summed E-state index contributed by atoms with van der Waals surface area (Å²) >= 11 is 0. The molecule has 4 rings (SSSR count). The van der Waals surface area contributed by atoms with Crippen molar-refractivity contribution in [1.82, 2.24) is 14.5 Å². The normalized spacial score (nSPS) is 13.0. The summed E-state index contributed by atoms with van der Waals surface area (Å²) in [5, 5.41) is 3.53. The fraction of sp³-hybridized carbons (Fsp3) is 0.467. The van der Waals surface area contributed by atoms with E-state index >= 15 is 0 Å². The number of carbonyl (C=O) groups is 1. The number of aromatic nitrogens is 2. The van der Waals surface area contributed by atoms with Gasteiger partial charge in [-0.1, -0.05) is 69.6 Å². The molecule has 0 aliphatic carbocycles. The third-order valence-corrected chi connectivity index (χ3v) is 7.00. The van der Waals surface area contributed by atoms with Gasteiger partial charge in [-0.3, -0.25) is 4.79 Å². The van der Waals surface area contributed by atoms with Crippen LogP contribution in [-0.2, 0) is 17.9 Å². The average molecular weight is 491 g/mol. The van der Waals surface area contributed by atoms with E-state index in [1.54, 1.807) is 12.1 Å². The quantitative estimate of drug-likeness (QED) is 0.266. The Labute approximate surface area is 214 Å². The highest BCUT2D eigenvalue weighted by Gasteiger charge is 2.26. The third kappa shape index (κ3) is 6.74. The van der Waals surface area contributed by atoms with Crippen LogP contribution in [0.15, 0.2) is 48.5 Å². The number of hydrogen-bond donors (Lipinski definition) is 1. The molecule has 192 valence electrons. The fourth-order valence-electron chi connectivity index (χ4n) is 4.82. The van der Waals surface area contributed by atoms with Crippen LogP contribution < -0.4 is 5.32 Å². The zero-order valence-corrected chi connectivity index (χ0v) is 21.7. The summed E-state index contributed by atoms with van der Waals surface area (Å²) in [4.78, 5) is 19.8. The molecule has 2 heterocycles. The smallest absolute Gasteiger partial charge is 0.223 e. The van der Waals surface area contributed by atoms with Crippen molar-refractivity contribution in [2.24, 2.45) is 0 Å². The van der Waals surface area contributed by atoms with Crippen molar-refractivity contribution in [1.29, 1.82) is 0 Å². The van der Waals surface area contributed by atoms with Crippen LogP contribution in [-0.4, -0.2) is 26.9 Å². The number of aryl methyl sites for hydroxylation is 1. The number of rotatable bonds is 12. The Morgan fingerprint density at radius 2 is 1.58 bits per heavy atom. The second-order valence-corrected chi connectivity index (χ2v) is 9.91. The lowest BCUT2D eigenvalue weighted by Gasteiger charge is -2.28. The first-order valence-corrected chi connectivity index (χ1v) is 13.5. The lowest BCUT2D eigenvalue weighted by Crippen LogP contribution is -2.38. The standard InChI is InChI=1S/C30H39FN4O/c1-3-4-5-6-7-8-9-10-11-28(36)34-20-21-35-27(22-34)33-29(24-14-16-25(31)17-15-24)30(35)32-26-18-12-23(2)13-19-26/h12-19,32H,3-11,20-22H2,1-2H3. The Hall–Kier alpha value is -3.15. The summed E-state index contributed by atoms with van der Waals surface area (Å²) in [6, 6.07) is 14.7. The van der Waals surface area contributed by atoms with Crippen LogP contribution in [0.25, 0.3) is 11.3 Å². The van der Waals surface area contributed by atoms with E-state index in [1.807, 2.05) is 17.0 Å². The Bertz CT molecular complexity index is 1120. The first-order valence-electron chi connectivity index (χ1n) is 13.5. The first kappa shape index (κ1) is 25.9. The molecule has 0 radical (unpaired) electrons. The van der Waals surface area contributed by atoms with Crippen LogP contribution in [0, 0.1) is 12.7 Å². The molecule has 3 aromatic rings. The molecule has 2 aromatic carbocycles. The van der Waals surface area contributed by atoms with Crippen molar-refractivity contribution in [2.75, 3.05) is 11.9 Å². The summed E-state index contributed by atoms with van der Waals surface area (Å²) in [5.41, 5.74) is 3.80. The van der Waals surface area contributed by atoms with Gasteiger partial charge in [0.2, 0.25) is 5.91 Å². The van der Waals surface area contributed by atoms with E-state index in [9.17, 15) is 9.18 Å². The molecule has 0 unspecified atom stereocenters. The largest absolute Gasteiger partial charge is 0.340 e. The molecule has 0 atom stereocenters. The molecule has 5 nitrogen and oxygen atoms in total. The van der Waals surface area contributed by atoms with Crippen molar-refractivity contribution in [3.63, 3.8) is 0 Å². The van der Waals surface area contributed by atoms with Crippen molar-refractivity contribution in [2.45, 2.75) is 84.7 Å². The zero-order chi connectivity index (χ0) is 25.3. The molecule has 1 aliphatic heterocycles. The lowest BCUT2D eigenvalue weighted by atomic mass is 10.1. The SMILES string of the molecule is CCCCCCCCCCC(=O)N1CCn2c(nc(-c3ccc(F)cc3)c2Nc2ccc(C)cc2)C1. The Kier molecular flexibility index (Phi) is 9.15. The van der Waals surface area contributed by atoms with Gasteiger partial charge in [0.15, 0.2) is 0 Å². The van der Waals surface area contributed by atoms with Crippen molar-refractivity contribution >= 4 is 17.4 Å². The summed E-state index contributed by atoms with van der Waals surface area (Å²) < 4.78 is 15.8. The van der Waals surface area contributed by atoms with Crippen LogP contribution >= 0.6 is 0 Å². The number of hydrogen-bond acceptors (Lipinski definition) is 3. The number of amides is 1. The third-order valence-electron chi connectivity index (χ3n) is 7.00. The molecule has 0 saturated heterocycles. The number of imidazole rings is 1. The van der Waals surface area contributed by atoms with Crippen LogP contribution in [0.5, 0.6) is 0 Å². The molecule has 0 saturated carbocycles. The second-order valence-electron chi connectivity index (χ2n) is 9.91. The van der Waals surface area contributed by atoms with Crippen molar-refractivity contribution in [3.8, 4) is 11.3 Å². The van der Waals surface area contributed by atoms with Gasteiger partial charge in [-0.15, -0.1) is 0 Å². The number of benzene rings is 2. The number of nitrogens with zero attached hydrogens (tertiary/aromatic N) is 3. The topological polar surface area (TPSA) is 50.2 Å². The molecule has 6 heteroatoms. The second kappa shape index (κ2) is 12.7. The molecular weight excluding hydrogens is 451 g/mol. The molecule has 1 aliphatic rings. The molecule has 0 spiro atoms. The van der Waals surface area contributed by atoms with Crippen LogP contribution in [0.4, 0.5) is 15.9 Å². The van der Waals surface area contributed by atoms with Gasteiger partial charge in [0.1, 0.15) is 23.2 Å². The predicted octanol–water partition coefficient (Wildman–Crippen LogP) is 7.61. The van der Waals surface area contributed by atoms with Crippen molar-refractivity contribution < 1.29 is 9.18 Å². The number of anilines is 2. The number of halogens is 1. The zero-order valence-electron chi connectivity index (χ0n) is 21.7. The minimum atomic E-state index is -0.270. The van der Waals surface area contributed by atoms with E-state index < -0.39 is 0 Å². The number of nitrogens with one attached hydrogen (secondary N) is 1. The number of fused-ring (bicyclic) bond motifs is 1. The molecule has 1 N–H and O–H groups in total. The van der Waals surface area contributed by atoms with E-state index in [2.05, 4.69) is 35.9 Å². The lowest BCUT2D eigenvalue weighted by molar-refractivity contribution is -0.132. The maximum atomic E-state index is 13.6. The molecule has 1 aromatic heterocycles. The van der Waals surface area contributed by atoms with E-state index in [0.717, 1.165) is 41.4 Å². The average Bonchev–Trinajstić information content (AvgIpc) is 3.24. The van der Waals surface area contributed by atoms with E-state index in [-0.39, 0.29) is 11.7 Å². The Morgan fingerprint density at radius 3 is 2.28 bits per heavy atom. The number of unbranched alkanes of at least 4 members (excludes halogenated alkanes) is 7. The van der Waals surface area contributed by atoms with Gasteiger partial charge >= 0.3 is 0 Å². The Morgan fingerprint density at radius 1 is 0.917 bits per heavy atom. The van der Waals surface area contributed by atoms with Crippen LogP contribution in [0.3, 0.4) is 0 Å². The molecule has 36 heavy (non-hydrogen) atoms. The predicted molar refractivity (Wildman–Crippen MR) is 145 cm³/mol. The maximum Gasteiger partial charge on any atom is 0.223 e. The summed E-state index contributed by atoms with van der Waals surface area (Å²) in [6.07, 6.45) is 10.4. The summed E-state index contributed by atoms with van der Waals surface area (Å²) in [6.45, 7) is 6.16. The van der Waals surface area contributed by atoms with E-state index in [1.165, 1.54) is 56.2 Å². The van der Waals surface area contributed by atoms with Gasteiger partial charge in [0, 0.05) is 30.8 Å². The molecular formula is C30H39FN4O. The molecule has 0 bridgehead atoms. The van der Waals surface area contributed by atoms with Crippen LogP contribution in [0.1, 0.15) is 76.1 Å². The molecule has 0 fully saturated rings. The van der Waals surface area contributed by atoms with Gasteiger partial charge in [0.25, 0.3) is 0 Å². The monoisotopic (exact) mass is 490 g/mol. The summed E-state index contributed by atoms with van der Waals surface area (Å²) in [5.74, 6) is 1.69. The minimum absolute atomic E-state index is 0.214. The first-order chi connectivity index (χ1) is 17.5. The Balaban J connectivity index is 1.42. The number of carbonyl (C=O) groups excluding carboxylic acids is 1. The maximum absolute atomic E-state index is 13.6. The summed E-state index contributed by atoms with van der Waals surface area (Å²) in [7, 11) is 0. The van der Waals surface area contributed by atoms with Gasteiger partial charge in [-0.25, -0.2) is 9.37 Å². The highest BCUT2D eigenvalue weighted by atomic mass is 19.1. The van der Waals surface area contributed by atoms with Gasteiger partial charge in [-0.2, -0.15) is 0 Å². The van der Waals surface area contributed by atoms with Gasteiger partial charge < -0.3 is 14.8 Å². The van der Waals surface area contributed by atoms with E-state index in [0.29, 0.717) is 26.1 Å². The molecule has 1 amide bonds. The van der Waals surface area contributed by atoms with Gasteiger partial charge in [-0.05, 0) is 49.7 Å². The van der Waals surface area contributed by atoms with Crippen LogP contribution in [0.2, 0.25) is 0 Å².